The second-order valence-corrected chi connectivity index (χ2v) is 10.0. The standard InChI is InChI=1S/C23H35N7O5S/c1-5-8-19-20(28-25-9-14-34-4)22(31)27-21(26-19)18-15-17(16-24-23(18)35-7-3)36(32,33)30-12-10-29(6-2)11-13-30/h8,15-16,25H,5-7,9-14H2,1-4H3,(H,26,27,31)/b19-8-,28-20+. The predicted octanol–water partition coefficient (Wildman–Crippen LogP) is 0.569. The summed E-state index contributed by atoms with van der Waals surface area (Å²) in [6.07, 6.45) is 3.68. The number of aliphatic imine (C=N–C) groups is 1. The van der Waals surface area contributed by atoms with Crippen LogP contribution in [-0.2, 0) is 19.6 Å². The third-order valence-electron chi connectivity index (χ3n) is 5.71. The number of allylic oxidation sites excluding steroid dienone is 1. The second-order valence-electron chi connectivity index (χ2n) is 8.07. The number of rotatable bonds is 11. The third kappa shape index (κ3) is 6.46. The fraction of sp³-hybridized carbons (Fsp3) is 0.565. The van der Waals surface area contributed by atoms with Gasteiger partial charge in [-0.3, -0.25) is 4.79 Å². The van der Waals surface area contributed by atoms with E-state index < -0.39 is 15.9 Å². The van der Waals surface area contributed by atoms with Crippen molar-refractivity contribution in [2.24, 2.45) is 10.1 Å². The molecule has 0 saturated carbocycles. The van der Waals surface area contributed by atoms with Gasteiger partial charge in [0.15, 0.2) is 5.71 Å². The predicted molar refractivity (Wildman–Crippen MR) is 137 cm³/mol. The van der Waals surface area contributed by atoms with Crippen LogP contribution >= 0.6 is 0 Å². The van der Waals surface area contributed by atoms with Crippen LogP contribution in [0.3, 0.4) is 0 Å². The number of amidine groups is 1. The van der Waals surface area contributed by atoms with Crippen molar-refractivity contribution in [1.82, 2.24) is 24.9 Å². The van der Waals surface area contributed by atoms with Crippen LogP contribution < -0.4 is 15.5 Å². The van der Waals surface area contributed by atoms with Crippen molar-refractivity contribution >= 4 is 27.5 Å². The van der Waals surface area contributed by atoms with Crippen molar-refractivity contribution in [3.05, 3.63) is 29.6 Å². The van der Waals surface area contributed by atoms with Crippen molar-refractivity contribution in [2.75, 3.05) is 59.6 Å². The van der Waals surface area contributed by atoms with Crippen molar-refractivity contribution < 1.29 is 22.7 Å². The minimum atomic E-state index is -3.79. The lowest BCUT2D eigenvalue weighted by Gasteiger charge is -2.33. The molecule has 0 bridgehead atoms. The molecule has 0 atom stereocenters. The van der Waals surface area contributed by atoms with E-state index in [-0.39, 0.29) is 27.9 Å². The Labute approximate surface area is 212 Å². The first-order chi connectivity index (χ1) is 17.3. The molecule has 198 valence electrons. The van der Waals surface area contributed by atoms with E-state index in [2.05, 4.69) is 37.6 Å². The lowest BCUT2D eigenvalue weighted by molar-refractivity contribution is -0.113. The summed E-state index contributed by atoms with van der Waals surface area (Å²) in [5, 5.41) is 6.88. The molecule has 12 nitrogen and oxygen atoms in total. The first-order valence-electron chi connectivity index (χ1n) is 12.1. The maximum Gasteiger partial charge on any atom is 0.279 e. The molecular formula is C23H35N7O5S. The van der Waals surface area contributed by atoms with Gasteiger partial charge in [-0.25, -0.2) is 18.4 Å². The average Bonchev–Trinajstić information content (AvgIpc) is 2.88. The number of ether oxygens (including phenoxy) is 2. The van der Waals surface area contributed by atoms with Gasteiger partial charge in [0.2, 0.25) is 15.9 Å². The Kier molecular flexibility index (Phi) is 9.93. The summed E-state index contributed by atoms with van der Waals surface area (Å²) in [5.74, 6) is -0.142. The van der Waals surface area contributed by atoms with Crippen molar-refractivity contribution in [1.29, 1.82) is 0 Å². The van der Waals surface area contributed by atoms with Crippen LogP contribution in [0.2, 0.25) is 0 Å². The van der Waals surface area contributed by atoms with Crippen LogP contribution in [0.4, 0.5) is 0 Å². The summed E-state index contributed by atoms with van der Waals surface area (Å²) in [7, 11) is -2.22. The number of nitrogens with one attached hydrogen (secondary N) is 2. The molecule has 2 aliphatic heterocycles. The molecule has 1 fully saturated rings. The van der Waals surface area contributed by atoms with Gasteiger partial charge in [0, 0.05) is 33.3 Å². The average molecular weight is 522 g/mol. The second kappa shape index (κ2) is 12.9. The van der Waals surface area contributed by atoms with Crippen molar-refractivity contribution in [3.8, 4) is 5.88 Å². The van der Waals surface area contributed by atoms with Gasteiger partial charge >= 0.3 is 0 Å². The van der Waals surface area contributed by atoms with Gasteiger partial charge in [-0.2, -0.15) is 9.41 Å². The lowest BCUT2D eigenvalue weighted by atomic mass is 10.1. The zero-order chi connectivity index (χ0) is 26.1. The highest BCUT2D eigenvalue weighted by Gasteiger charge is 2.31. The Hall–Kier alpha value is -2.87. The molecule has 2 N–H and O–H groups in total. The molecule has 0 spiro atoms. The number of sulfonamides is 1. The van der Waals surface area contributed by atoms with Gasteiger partial charge in [-0.1, -0.05) is 19.9 Å². The summed E-state index contributed by atoms with van der Waals surface area (Å²) in [6, 6.07) is 1.46. The van der Waals surface area contributed by atoms with Gasteiger partial charge < -0.3 is 25.1 Å². The number of pyridine rings is 1. The maximum atomic E-state index is 13.4. The molecule has 1 amide bonds. The van der Waals surface area contributed by atoms with E-state index in [9.17, 15) is 13.2 Å². The number of amides is 1. The maximum absolute atomic E-state index is 13.4. The molecule has 13 heteroatoms. The van der Waals surface area contributed by atoms with Gasteiger partial charge in [0.25, 0.3) is 5.91 Å². The highest BCUT2D eigenvalue weighted by atomic mass is 32.2. The number of carbonyl (C=O) groups is 1. The molecule has 36 heavy (non-hydrogen) atoms. The van der Waals surface area contributed by atoms with E-state index in [1.807, 2.05) is 6.92 Å². The van der Waals surface area contributed by atoms with Gasteiger partial charge in [0.05, 0.1) is 37.2 Å². The molecule has 1 aromatic rings. The summed E-state index contributed by atoms with van der Waals surface area (Å²) >= 11 is 0. The Morgan fingerprint density at radius 1 is 1.22 bits per heavy atom. The number of carbonyl (C=O) groups excluding carboxylic acids is 1. The van der Waals surface area contributed by atoms with Crippen LogP contribution in [-0.4, -0.2) is 99.7 Å². The van der Waals surface area contributed by atoms with E-state index in [1.54, 1.807) is 20.1 Å². The fourth-order valence-corrected chi connectivity index (χ4v) is 5.16. The Balaban J connectivity index is 1.98. The summed E-state index contributed by atoms with van der Waals surface area (Å²) in [4.78, 5) is 24.0. The van der Waals surface area contributed by atoms with Gasteiger partial charge in [-0.05, 0) is 26.0 Å². The zero-order valence-corrected chi connectivity index (χ0v) is 22.1. The normalized spacial score (nSPS) is 19.9. The molecule has 0 aliphatic carbocycles. The van der Waals surface area contributed by atoms with Crippen LogP contribution in [0.15, 0.2) is 39.0 Å². The molecule has 2 aliphatic rings. The Bertz CT molecular complexity index is 1130. The van der Waals surface area contributed by atoms with E-state index in [1.165, 1.54) is 16.6 Å². The molecule has 1 saturated heterocycles. The molecule has 3 rings (SSSR count). The van der Waals surface area contributed by atoms with E-state index in [0.717, 1.165) is 6.54 Å². The minimum Gasteiger partial charge on any atom is -0.477 e. The van der Waals surface area contributed by atoms with Gasteiger partial charge in [-0.15, -0.1) is 0 Å². The molecular weight excluding hydrogens is 486 g/mol. The molecule has 0 aromatic carbocycles. The van der Waals surface area contributed by atoms with E-state index >= 15 is 0 Å². The quantitative estimate of drug-likeness (QED) is 0.318. The number of nitrogens with zero attached hydrogens (tertiary/aromatic N) is 5. The molecule has 0 radical (unpaired) electrons. The monoisotopic (exact) mass is 521 g/mol. The number of methoxy groups -OCH3 is 1. The zero-order valence-electron chi connectivity index (χ0n) is 21.3. The Morgan fingerprint density at radius 2 is 1.97 bits per heavy atom. The smallest absolute Gasteiger partial charge is 0.279 e. The summed E-state index contributed by atoms with van der Waals surface area (Å²) in [6.45, 7) is 9.94. The molecule has 3 heterocycles. The third-order valence-corrected chi connectivity index (χ3v) is 7.57. The number of hydrogen-bond acceptors (Lipinski definition) is 10. The van der Waals surface area contributed by atoms with Crippen molar-refractivity contribution in [3.63, 3.8) is 0 Å². The Morgan fingerprint density at radius 3 is 2.61 bits per heavy atom. The van der Waals surface area contributed by atoms with Crippen molar-refractivity contribution in [2.45, 2.75) is 32.1 Å². The molecule has 0 unspecified atom stereocenters. The number of piperazine rings is 1. The topological polar surface area (TPSA) is 138 Å². The molecule has 1 aromatic heterocycles. The summed E-state index contributed by atoms with van der Waals surface area (Å²) < 4.78 is 38.9. The highest BCUT2D eigenvalue weighted by molar-refractivity contribution is 7.89. The number of likely N-dealkylation sites (N-methyl/N-ethyl adjacent to an activating group) is 1. The van der Waals surface area contributed by atoms with Crippen LogP contribution in [0.25, 0.3) is 0 Å². The number of hydrogen-bond donors (Lipinski definition) is 2. The highest BCUT2D eigenvalue weighted by Crippen LogP contribution is 2.25. The van der Waals surface area contributed by atoms with Crippen LogP contribution in [0, 0.1) is 0 Å². The SMILES string of the molecule is CC/C=C1\N=C(c2cc(S(=O)(=O)N3CCN(CC)CC3)cnc2OCC)NC(=O)\C1=N\NCCOC. The minimum absolute atomic E-state index is 0.0181. The first-order valence-corrected chi connectivity index (χ1v) is 13.5. The van der Waals surface area contributed by atoms with E-state index in [0.29, 0.717) is 58.1 Å². The number of aromatic nitrogens is 1. The fourth-order valence-electron chi connectivity index (χ4n) is 3.77. The van der Waals surface area contributed by atoms with Crippen LogP contribution in [0.1, 0.15) is 32.8 Å². The van der Waals surface area contributed by atoms with Crippen LogP contribution in [0.5, 0.6) is 5.88 Å². The van der Waals surface area contributed by atoms with Gasteiger partial charge in [0.1, 0.15) is 10.7 Å². The number of hydrazone groups is 1. The lowest BCUT2D eigenvalue weighted by Crippen LogP contribution is -2.48. The largest absolute Gasteiger partial charge is 0.477 e. The summed E-state index contributed by atoms with van der Waals surface area (Å²) in [5.41, 5.74) is 3.58. The first kappa shape index (κ1) is 27.7. The van der Waals surface area contributed by atoms with E-state index in [4.69, 9.17) is 9.47 Å².